The molecule has 0 aliphatic carbocycles. The molecular weight excluding hydrogens is 256 g/mol. The normalized spacial score (nSPS) is 10.9. The van der Waals surface area contributed by atoms with Gasteiger partial charge in [-0.3, -0.25) is 0 Å². The third-order valence-electron chi connectivity index (χ3n) is 2.11. The van der Waals surface area contributed by atoms with Crippen LogP contribution < -0.4 is 4.74 Å². The Kier molecular flexibility index (Phi) is 6.93. The maximum absolute atomic E-state index is 5.90. The number of rotatable bonds is 8. The van der Waals surface area contributed by atoms with Crippen molar-refractivity contribution in [1.82, 2.24) is 9.97 Å². The molecule has 0 radical (unpaired) electrons. The third kappa shape index (κ3) is 5.62. The quantitative estimate of drug-likeness (QED) is 0.538. The van der Waals surface area contributed by atoms with Gasteiger partial charge in [-0.1, -0.05) is 25.4 Å². The Hall–Kier alpha value is -0.910. The third-order valence-corrected chi connectivity index (χ3v) is 2.31. The number of aromatic nitrogens is 2. The number of hydrogen-bond donors (Lipinski definition) is 0. The van der Waals surface area contributed by atoms with Gasteiger partial charge in [0.1, 0.15) is 17.6 Å². The summed E-state index contributed by atoms with van der Waals surface area (Å²) in [7, 11) is 1.64. The zero-order valence-electron chi connectivity index (χ0n) is 11.0. The zero-order valence-corrected chi connectivity index (χ0v) is 11.7. The van der Waals surface area contributed by atoms with Gasteiger partial charge >= 0.3 is 0 Å². The first-order chi connectivity index (χ1) is 8.63. The van der Waals surface area contributed by atoms with Crippen molar-refractivity contribution in [3.63, 3.8) is 0 Å². The summed E-state index contributed by atoms with van der Waals surface area (Å²) in [5.74, 6) is 1.37. The molecule has 0 saturated carbocycles. The second-order valence-corrected chi connectivity index (χ2v) is 4.38. The lowest BCUT2D eigenvalue weighted by Crippen LogP contribution is -2.11. The molecule has 0 aromatic carbocycles. The highest BCUT2D eigenvalue weighted by atomic mass is 35.5. The second kappa shape index (κ2) is 8.24. The van der Waals surface area contributed by atoms with E-state index in [1.807, 2.05) is 13.8 Å². The lowest BCUT2D eigenvalue weighted by atomic mass is 10.2. The largest absolute Gasteiger partial charge is 0.475 e. The minimum absolute atomic E-state index is 0.212. The maximum atomic E-state index is 5.90. The standard InChI is InChI=1S/C12H19ClN2O3/c1-9(2)12-14-10(13)8-11(15-12)18-7-6-17-5-4-16-3/h8-9H,4-7H2,1-3H3. The van der Waals surface area contributed by atoms with Gasteiger partial charge in [0, 0.05) is 19.1 Å². The minimum Gasteiger partial charge on any atom is -0.475 e. The molecule has 1 aromatic heterocycles. The Balaban J connectivity index is 2.37. The molecule has 1 rings (SSSR count). The molecule has 0 fully saturated rings. The summed E-state index contributed by atoms with van der Waals surface area (Å²) in [6.07, 6.45) is 0. The van der Waals surface area contributed by atoms with Crippen molar-refractivity contribution < 1.29 is 14.2 Å². The molecule has 6 heteroatoms. The van der Waals surface area contributed by atoms with Crippen LogP contribution in [0.4, 0.5) is 0 Å². The van der Waals surface area contributed by atoms with Crippen molar-refractivity contribution in [3.8, 4) is 5.88 Å². The monoisotopic (exact) mass is 274 g/mol. The summed E-state index contributed by atoms with van der Waals surface area (Å²) in [5, 5.41) is 0.393. The van der Waals surface area contributed by atoms with Crippen molar-refractivity contribution >= 4 is 11.6 Å². The van der Waals surface area contributed by atoms with Gasteiger partial charge in [0.25, 0.3) is 0 Å². The number of halogens is 1. The molecule has 18 heavy (non-hydrogen) atoms. The van der Waals surface area contributed by atoms with E-state index >= 15 is 0 Å². The summed E-state index contributed by atoms with van der Waals surface area (Å²) in [4.78, 5) is 8.40. The molecule has 0 N–H and O–H groups in total. The molecule has 0 aliphatic heterocycles. The molecule has 0 aliphatic rings. The van der Waals surface area contributed by atoms with E-state index in [1.54, 1.807) is 13.2 Å². The van der Waals surface area contributed by atoms with Crippen LogP contribution in [0.3, 0.4) is 0 Å². The lowest BCUT2D eigenvalue weighted by Gasteiger charge is -2.09. The fraction of sp³-hybridized carbons (Fsp3) is 0.667. The fourth-order valence-corrected chi connectivity index (χ4v) is 1.38. The van der Waals surface area contributed by atoms with Gasteiger partial charge in [0.2, 0.25) is 5.88 Å². The second-order valence-electron chi connectivity index (χ2n) is 4.00. The Bertz CT molecular complexity index is 361. The van der Waals surface area contributed by atoms with E-state index in [4.69, 9.17) is 25.8 Å². The van der Waals surface area contributed by atoms with Crippen LogP contribution in [0.15, 0.2) is 6.07 Å². The molecule has 0 amide bonds. The summed E-state index contributed by atoms with van der Waals surface area (Å²) < 4.78 is 15.6. The minimum atomic E-state index is 0.212. The summed E-state index contributed by atoms with van der Waals surface area (Å²) >= 11 is 5.90. The average Bonchev–Trinajstić information content (AvgIpc) is 2.33. The highest BCUT2D eigenvalue weighted by molar-refractivity contribution is 6.29. The number of ether oxygens (including phenoxy) is 3. The van der Waals surface area contributed by atoms with Crippen LogP contribution in [-0.2, 0) is 9.47 Å². The topological polar surface area (TPSA) is 53.5 Å². The van der Waals surface area contributed by atoms with E-state index in [0.717, 1.165) is 0 Å². The van der Waals surface area contributed by atoms with Crippen LogP contribution >= 0.6 is 11.6 Å². The van der Waals surface area contributed by atoms with Crippen molar-refractivity contribution in [2.45, 2.75) is 19.8 Å². The van der Waals surface area contributed by atoms with Crippen LogP contribution in [0.1, 0.15) is 25.6 Å². The molecule has 102 valence electrons. The van der Waals surface area contributed by atoms with Gasteiger partial charge in [-0.15, -0.1) is 0 Å². The molecule has 1 aromatic rings. The van der Waals surface area contributed by atoms with Crippen LogP contribution in [-0.4, -0.2) is 43.5 Å². The van der Waals surface area contributed by atoms with Crippen LogP contribution in [0.2, 0.25) is 5.15 Å². The molecule has 0 unspecified atom stereocenters. The van der Waals surface area contributed by atoms with E-state index in [2.05, 4.69) is 9.97 Å². The molecule has 0 spiro atoms. The molecule has 0 saturated heterocycles. The summed E-state index contributed by atoms with van der Waals surface area (Å²) in [5.41, 5.74) is 0. The first-order valence-corrected chi connectivity index (χ1v) is 6.25. The van der Waals surface area contributed by atoms with E-state index in [9.17, 15) is 0 Å². The first kappa shape index (κ1) is 15.1. The first-order valence-electron chi connectivity index (χ1n) is 5.87. The fourth-order valence-electron chi connectivity index (χ4n) is 1.20. The predicted octanol–water partition coefficient (Wildman–Crippen LogP) is 2.30. The van der Waals surface area contributed by atoms with Crippen molar-refractivity contribution in [3.05, 3.63) is 17.0 Å². The molecule has 0 bridgehead atoms. The highest BCUT2D eigenvalue weighted by Crippen LogP contribution is 2.18. The molecule has 5 nitrogen and oxygen atoms in total. The van der Waals surface area contributed by atoms with Crippen molar-refractivity contribution in [2.75, 3.05) is 33.5 Å². The van der Waals surface area contributed by atoms with Crippen LogP contribution in [0.25, 0.3) is 0 Å². The maximum Gasteiger partial charge on any atom is 0.218 e. The Morgan fingerprint density at radius 3 is 2.56 bits per heavy atom. The van der Waals surface area contributed by atoms with Gasteiger partial charge in [0.05, 0.1) is 19.8 Å². The predicted molar refractivity (Wildman–Crippen MR) is 69.3 cm³/mol. The van der Waals surface area contributed by atoms with E-state index in [0.29, 0.717) is 43.3 Å². The van der Waals surface area contributed by atoms with E-state index < -0.39 is 0 Å². The molecule has 0 atom stereocenters. The van der Waals surface area contributed by atoms with Crippen LogP contribution in [0, 0.1) is 0 Å². The Morgan fingerprint density at radius 2 is 1.89 bits per heavy atom. The van der Waals surface area contributed by atoms with Gasteiger partial charge in [0.15, 0.2) is 0 Å². The smallest absolute Gasteiger partial charge is 0.218 e. The number of nitrogens with zero attached hydrogens (tertiary/aromatic N) is 2. The van der Waals surface area contributed by atoms with Crippen molar-refractivity contribution in [1.29, 1.82) is 0 Å². The van der Waals surface area contributed by atoms with Gasteiger partial charge in [-0.05, 0) is 0 Å². The van der Waals surface area contributed by atoms with Gasteiger partial charge < -0.3 is 14.2 Å². The molecule has 1 heterocycles. The van der Waals surface area contributed by atoms with E-state index in [1.165, 1.54) is 0 Å². The number of hydrogen-bond acceptors (Lipinski definition) is 5. The van der Waals surface area contributed by atoms with Crippen LogP contribution in [0.5, 0.6) is 5.88 Å². The Labute approximate surface area is 112 Å². The number of methoxy groups -OCH3 is 1. The molecular formula is C12H19ClN2O3. The highest BCUT2D eigenvalue weighted by Gasteiger charge is 2.07. The van der Waals surface area contributed by atoms with Crippen molar-refractivity contribution in [2.24, 2.45) is 0 Å². The average molecular weight is 275 g/mol. The zero-order chi connectivity index (χ0) is 13.4. The van der Waals surface area contributed by atoms with Gasteiger partial charge in [-0.25, -0.2) is 4.98 Å². The SMILES string of the molecule is COCCOCCOc1cc(Cl)nc(C(C)C)n1. The Morgan fingerprint density at radius 1 is 1.17 bits per heavy atom. The van der Waals surface area contributed by atoms with Gasteiger partial charge in [-0.2, -0.15) is 4.98 Å². The summed E-state index contributed by atoms with van der Waals surface area (Å²) in [6.45, 7) is 6.06. The van der Waals surface area contributed by atoms with E-state index in [-0.39, 0.29) is 5.92 Å². The lowest BCUT2D eigenvalue weighted by molar-refractivity contribution is 0.0536. The summed E-state index contributed by atoms with van der Waals surface area (Å²) in [6, 6.07) is 1.60.